The third-order valence-electron chi connectivity index (χ3n) is 12.9. The summed E-state index contributed by atoms with van der Waals surface area (Å²) in [5.74, 6) is -1.79. The maximum Gasteiger partial charge on any atom is 0.412 e. The number of hydrogen-bond donors (Lipinski definition) is 0. The Morgan fingerprint density at radius 3 is 2.13 bits per heavy atom. The van der Waals surface area contributed by atoms with Crippen molar-refractivity contribution in [1.29, 1.82) is 0 Å². The number of nitrogens with zero attached hydrogens (tertiary/aromatic N) is 1. The van der Waals surface area contributed by atoms with E-state index >= 15 is 0 Å². The molecule has 0 aromatic heterocycles. The van der Waals surface area contributed by atoms with E-state index in [0.29, 0.717) is 26.2 Å². The lowest BCUT2D eigenvalue weighted by Gasteiger charge is -2.59. The van der Waals surface area contributed by atoms with Crippen molar-refractivity contribution < 1.29 is 41.4 Å². The van der Waals surface area contributed by atoms with E-state index in [2.05, 4.69) is 47.7 Å². The molecular weight excluding hydrogens is 711 g/mol. The van der Waals surface area contributed by atoms with Crippen molar-refractivity contribution >= 4 is 30.0 Å². The number of Topliss-reactive ketones (excluding diaryl/α,β-unsaturated/α-hetero) is 1. The molecule has 1 aromatic carbocycles. The average molecular weight is 780 g/mol. The van der Waals surface area contributed by atoms with Gasteiger partial charge in [0.2, 0.25) is 0 Å². The summed E-state index contributed by atoms with van der Waals surface area (Å²) in [5.41, 5.74) is -2.52. The zero-order valence-electron chi connectivity index (χ0n) is 34.9. The summed E-state index contributed by atoms with van der Waals surface area (Å²) < 4.78 is 60.6. The molecule has 4 rings (SSSR count). The number of rotatable bonds is 13. The summed E-state index contributed by atoms with van der Waals surface area (Å²) in [6.07, 6.45) is 3.11. The maximum atomic E-state index is 14.7. The zero-order valence-corrected chi connectivity index (χ0v) is 36.7. The quantitative estimate of drug-likeness (QED) is 0.181. The zero-order chi connectivity index (χ0) is 39.9. The van der Waals surface area contributed by atoms with Gasteiger partial charge in [0.15, 0.2) is 29.7 Å². The van der Waals surface area contributed by atoms with Gasteiger partial charge in [0.05, 0.1) is 30.8 Å². The van der Waals surface area contributed by atoms with E-state index in [1.807, 2.05) is 27.7 Å². The van der Waals surface area contributed by atoms with E-state index < -0.39 is 64.0 Å². The summed E-state index contributed by atoms with van der Waals surface area (Å²) >= 11 is 0. The van der Waals surface area contributed by atoms with Crippen LogP contribution in [0.3, 0.4) is 0 Å². The molecule has 1 aliphatic carbocycles. The van der Waals surface area contributed by atoms with Crippen molar-refractivity contribution in [2.75, 3.05) is 26.4 Å². The largest absolute Gasteiger partial charge is 0.444 e. The molecule has 10 nitrogen and oxygen atoms in total. The fourth-order valence-corrected chi connectivity index (χ4v) is 11.6. The topological polar surface area (TPSA) is 118 Å². The summed E-state index contributed by atoms with van der Waals surface area (Å²) in [6, 6.07) is 8.23. The highest BCUT2D eigenvalue weighted by Crippen LogP contribution is 2.62. The number of ether oxygens (including phenoxy) is 4. The van der Waals surface area contributed by atoms with Gasteiger partial charge < -0.3 is 23.4 Å². The van der Waals surface area contributed by atoms with Crippen LogP contribution < -0.4 is 0 Å². The Morgan fingerprint density at radius 2 is 1.57 bits per heavy atom. The van der Waals surface area contributed by atoms with Crippen LogP contribution in [0, 0.1) is 16.7 Å². The van der Waals surface area contributed by atoms with Gasteiger partial charge >= 0.3 is 6.09 Å². The van der Waals surface area contributed by atoms with Crippen LogP contribution in [-0.4, -0.2) is 88.3 Å². The first-order valence-corrected chi connectivity index (χ1v) is 24.1. The molecule has 0 N–H and O–H groups in total. The maximum absolute atomic E-state index is 14.7. The highest BCUT2D eigenvalue weighted by atomic mass is 32.2. The van der Waals surface area contributed by atoms with Crippen molar-refractivity contribution in [1.82, 2.24) is 4.90 Å². The second kappa shape index (κ2) is 15.6. The number of carbonyl (C=O) groups is 2. The van der Waals surface area contributed by atoms with Crippen LogP contribution in [0.4, 0.5) is 4.79 Å². The first kappa shape index (κ1) is 43.9. The lowest BCUT2D eigenvalue weighted by atomic mass is 9.51. The lowest BCUT2D eigenvalue weighted by molar-refractivity contribution is -0.292. The molecule has 2 saturated heterocycles. The summed E-state index contributed by atoms with van der Waals surface area (Å²) in [7, 11) is -6.08. The fraction of sp³-hybridized carbons (Fsp3) is 0.805. The molecule has 53 heavy (non-hydrogen) atoms. The third kappa shape index (κ3) is 9.25. The molecule has 2 aliphatic heterocycles. The van der Waals surface area contributed by atoms with E-state index in [1.165, 1.54) is 0 Å². The first-order chi connectivity index (χ1) is 24.2. The van der Waals surface area contributed by atoms with Gasteiger partial charge in [-0.05, 0) is 108 Å². The van der Waals surface area contributed by atoms with Gasteiger partial charge in [-0.1, -0.05) is 59.7 Å². The van der Waals surface area contributed by atoms with Gasteiger partial charge in [0, 0.05) is 24.9 Å². The first-order valence-electron chi connectivity index (χ1n) is 19.6. The van der Waals surface area contributed by atoms with Crippen LogP contribution in [-0.2, 0) is 38.0 Å². The van der Waals surface area contributed by atoms with Gasteiger partial charge in [0.25, 0.3) is 0 Å². The predicted octanol–water partition coefficient (Wildman–Crippen LogP) is 8.93. The van der Waals surface area contributed by atoms with Gasteiger partial charge in [-0.25, -0.2) is 13.2 Å². The molecule has 12 heteroatoms. The van der Waals surface area contributed by atoms with E-state index in [4.69, 9.17) is 23.4 Å². The molecule has 3 aliphatic rings. The van der Waals surface area contributed by atoms with Crippen molar-refractivity contribution in [3.63, 3.8) is 0 Å². The van der Waals surface area contributed by atoms with Crippen molar-refractivity contribution in [2.24, 2.45) is 16.7 Å². The highest BCUT2D eigenvalue weighted by molar-refractivity contribution is 7.92. The SMILES string of the molecule is C[C@@H](C[C@@H]1CN(C(=O)OC(C)(C)C)C(C)(C)O1)C(C(=O)CC[C@]1(C)C2(CCC[C@]1(C)CCO[Si](C)(C)C(C)(C)C)OCCO2)S(=O)(=O)c1ccccc1. The predicted molar refractivity (Wildman–Crippen MR) is 210 cm³/mol. The molecule has 1 saturated carbocycles. The van der Waals surface area contributed by atoms with E-state index in [9.17, 15) is 18.0 Å². The molecule has 1 aromatic rings. The Labute approximate surface area is 321 Å². The lowest BCUT2D eigenvalue weighted by Crippen LogP contribution is -2.60. The molecule has 1 spiro atoms. The number of amides is 1. The van der Waals surface area contributed by atoms with Crippen LogP contribution >= 0.6 is 0 Å². The van der Waals surface area contributed by atoms with Crippen molar-refractivity contribution in [3.8, 4) is 0 Å². The minimum atomic E-state index is -4.09. The van der Waals surface area contributed by atoms with Gasteiger partial charge in [-0.3, -0.25) is 9.69 Å². The van der Waals surface area contributed by atoms with Gasteiger partial charge in [-0.15, -0.1) is 0 Å². The van der Waals surface area contributed by atoms with Crippen LogP contribution in [0.2, 0.25) is 18.1 Å². The number of ketones is 1. The fourth-order valence-electron chi connectivity index (χ4n) is 8.55. The number of benzene rings is 1. The normalized spacial score (nSPS) is 27.5. The molecule has 302 valence electrons. The summed E-state index contributed by atoms with van der Waals surface area (Å²) in [6.45, 7) is 28.3. The summed E-state index contributed by atoms with van der Waals surface area (Å²) in [4.78, 5) is 29.5. The Morgan fingerprint density at radius 1 is 0.962 bits per heavy atom. The Bertz CT molecular complexity index is 1540. The van der Waals surface area contributed by atoms with Gasteiger partial charge in [-0.2, -0.15) is 0 Å². The number of carbonyl (C=O) groups excluding carboxylic acids is 2. The molecule has 1 unspecified atom stereocenters. The Hall–Kier alpha value is -1.83. The third-order valence-corrected chi connectivity index (χ3v) is 19.8. The molecule has 3 fully saturated rings. The van der Waals surface area contributed by atoms with E-state index in [-0.39, 0.29) is 40.5 Å². The van der Waals surface area contributed by atoms with Crippen LogP contribution in [0.1, 0.15) is 121 Å². The standard InChI is InChI=1S/C41H69NO9SSi/c1-30(28-31-29-42(38(8,9)50-31)35(44)51-36(2,3)4)34(52(45,46)32-18-15-14-16-19-32)33(43)20-23-40(11)39(10,21-17-22-41(40)47-26-27-48-41)24-25-49-53(12,13)37(5,6)7/h14-16,18-19,30-31,34H,17,20-29H2,1-13H3/t30-,31+,34?,39+,40-/m0/s1. The number of sulfone groups is 1. The van der Waals surface area contributed by atoms with Crippen molar-refractivity contribution in [2.45, 2.75) is 173 Å². The van der Waals surface area contributed by atoms with Crippen molar-refractivity contribution in [3.05, 3.63) is 30.3 Å². The van der Waals surface area contributed by atoms with E-state index in [0.717, 1.165) is 25.7 Å². The molecule has 0 bridgehead atoms. The highest BCUT2D eigenvalue weighted by Gasteiger charge is 2.63. The van der Waals surface area contributed by atoms with Crippen LogP contribution in [0.5, 0.6) is 0 Å². The molecule has 2 heterocycles. The van der Waals surface area contributed by atoms with Gasteiger partial charge in [0.1, 0.15) is 16.6 Å². The Kier molecular flexibility index (Phi) is 12.9. The smallest absolute Gasteiger partial charge is 0.412 e. The second-order valence-corrected chi connectivity index (χ2v) is 26.2. The van der Waals surface area contributed by atoms with Crippen LogP contribution in [0.15, 0.2) is 35.2 Å². The Balaban J connectivity index is 1.62. The summed E-state index contributed by atoms with van der Waals surface area (Å²) in [5, 5.41) is -1.23. The second-order valence-electron chi connectivity index (χ2n) is 19.3. The molecule has 0 radical (unpaired) electrons. The number of hydrogen-bond acceptors (Lipinski definition) is 9. The molecule has 5 atom stereocenters. The molecule has 1 amide bonds. The minimum Gasteiger partial charge on any atom is -0.444 e. The average Bonchev–Trinajstić information content (AvgIpc) is 3.62. The monoisotopic (exact) mass is 779 g/mol. The van der Waals surface area contributed by atoms with E-state index in [1.54, 1.807) is 49.1 Å². The minimum absolute atomic E-state index is 0.0474. The molecular formula is C41H69NO9SSi. The van der Waals surface area contributed by atoms with Crippen LogP contribution in [0.25, 0.3) is 0 Å².